The zero-order valence-electron chi connectivity index (χ0n) is 5.74. The summed E-state index contributed by atoms with van der Waals surface area (Å²) < 4.78 is 0. The van der Waals surface area contributed by atoms with Gasteiger partial charge < -0.3 is 0 Å². The van der Waals surface area contributed by atoms with E-state index in [1.807, 2.05) is 6.08 Å². The van der Waals surface area contributed by atoms with Gasteiger partial charge in [0.1, 0.15) is 0 Å². The van der Waals surface area contributed by atoms with Gasteiger partial charge in [-0.1, -0.05) is 38.4 Å². The third kappa shape index (κ3) is 3.09. The van der Waals surface area contributed by atoms with E-state index in [0.717, 1.165) is 6.42 Å². The van der Waals surface area contributed by atoms with E-state index in [4.69, 9.17) is 11.6 Å². The van der Waals surface area contributed by atoms with Gasteiger partial charge >= 0.3 is 0 Å². The standard InChI is InChI=1S/C7H13Cl/c1-4-7(2,3)5-6-8/h5-6H,4H2,1-3H3. The van der Waals surface area contributed by atoms with Crippen LogP contribution in [0, 0.1) is 5.41 Å². The van der Waals surface area contributed by atoms with Gasteiger partial charge in [-0.15, -0.1) is 0 Å². The van der Waals surface area contributed by atoms with Gasteiger partial charge in [-0.3, -0.25) is 0 Å². The van der Waals surface area contributed by atoms with Gasteiger partial charge in [0, 0.05) is 5.54 Å². The molecular weight excluding hydrogens is 120 g/mol. The Labute approximate surface area is 56.5 Å². The monoisotopic (exact) mass is 132 g/mol. The molecule has 0 aromatic heterocycles. The fraction of sp³-hybridized carbons (Fsp3) is 0.714. The zero-order chi connectivity index (χ0) is 6.62. The molecule has 0 aliphatic heterocycles. The molecule has 0 aromatic carbocycles. The third-order valence-electron chi connectivity index (χ3n) is 1.43. The molecule has 0 rings (SSSR count). The molecule has 0 aliphatic carbocycles. The van der Waals surface area contributed by atoms with E-state index in [9.17, 15) is 0 Å². The van der Waals surface area contributed by atoms with Gasteiger partial charge in [-0.05, 0) is 11.8 Å². The maximum atomic E-state index is 5.38. The van der Waals surface area contributed by atoms with Crippen molar-refractivity contribution in [3.05, 3.63) is 11.6 Å². The second-order valence-electron chi connectivity index (χ2n) is 2.63. The van der Waals surface area contributed by atoms with Gasteiger partial charge in [0.2, 0.25) is 0 Å². The van der Waals surface area contributed by atoms with Gasteiger partial charge in [-0.25, -0.2) is 0 Å². The minimum Gasteiger partial charge on any atom is -0.0933 e. The minimum absolute atomic E-state index is 0.280. The minimum atomic E-state index is 0.280. The number of halogens is 1. The van der Waals surface area contributed by atoms with E-state index in [1.165, 1.54) is 0 Å². The molecule has 0 spiro atoms. The molecule has 0 aromatic rings. The Morgan fingerprint density at radius 1 is 1.50 bits per heavy atom. The van der Waals surface area contributed by atoms with Gasteiger partial charge in [0.15, 0.2) is 0 Å². The van der Waals surface area contributed by atoms with Crippen LogP contribution in [0.4, 0.5) is 0 Å². The lowest BCUT2D eigenvalue weighted by molar-refractivity contribution is 0.463. The highest BCUT2D eigenvalue weighted by Crippen LogP contribution is 2.21. The topological polar surface area (TPSA) is 0 Å². The Morgan fingerprint density at radius 3 is 2.12 bits per heavy atom. The third-order valence-corrected chi connectivity index (χ3v) is 1.55. The number of hydrogen-bond donors (Lipinski definition) is 0. The lowest BCUT2D eigenvalue weighted by Gasteiger charge is -2.15. The van der Waals surface area contributed by atoms with Crippen molar-refractivity contribution in [1.29, 1.82) is 0 Å². The van der Waals surface area contributed by atoms with Crippen molar-refractivity contribution < 1.29 is 0 Å². The molecule has 0 atom stereocenters. The smallest absolute Gasteiger partial charge is 0.000785 e. The van der Waals surface area contributed by atoms with Crippen LogP contribution in [-0.4, -0.2) is 0 Å². The molecule has 1 heteroatoms. The van der Waals surface area contributed by atoms with E-state index < -0.39 is 0 Å². The highest BCUT2D eigenvalue weighted by molar-refractivity contribution is 6.25. The lowest BCUT2D eigenvalue weighted by Crippen LogP contribution is -2.03. The second kappa shape index (κ2) is 3.13. The number of rotatable bonds is 2. The SMILES string of the molecule is CCC(C)(C)C=CCl. The summed E-state index contributed by atoms with van der Waals surface area (Å²) in [5.41, 5.74) is 1.87. The average molecular weight is 133 g/mol. The Balaban J connectivity index is 3.71. The summed E-state index contributed by atoms with van der Waals surface area (Å²) in [5.74, 6) is 0. The number of hydrogen-bond acceptors (Lipinski definition) is 0. The summed E-state index contributed by atoms with van der Waals surface area (Å²) in [5, 5.41) is 0. The maximum Gasteiger partial charge on any atom is 0.000785 e. The van der Waals surface area contributed by atoms with E-state index in [-0.39, 0.29) is 5.41 Å². The summed E-state index contributed by atoms with van der Waals surface area (Å²) in [6.07, 6.45) is 3.14. The average Bonchev–Trinajstić information content (AvgIpc) is 1.67. The Bertz CT molecular complexity index is 82.4. The molecule has 0 unspecified atom stereocenters. The molecule has 0 fully saturated rings. The van der Waals surface area contributed by atoms with Crippen LogP contribution in [0.2, 0.25) is 0 Å². The molecule has 8 heavy (non-hydrogen) atoms. The fourth-order valence-electron chi connectivity index (χ4n) is 0.288. The highest BCUT2D eigenvalue weighted by atomic mass is 35.5. The van der Waals surface area contributed by atoms with Gasteiger partial charge in [0.05, 0.1) is 0 Å². The Hall–Kier alpha value is 0.0300. The fourth-order valence-corrected chi connectivity index (χ4v) is 0.629. The summed E-state index contributed by atoms with van der Waals surface area (Å²) >= 11 is 5.38. The van der Waals surface area contributed by atoms with Crippen molar-refractivity contribution in [3.8, 4) is 0 Å². The highest BCUT2D eigenvalue weighted by Gasteiger charge is 2.08. The molecule has 0 aliphatic rings. The van der Waals surface area contributed by atoms with Crippen LogP contribution in [0.25, 0.3) is 0 Å². The van der Waals surface area contributed by atoms with Crippen LogP contribution in [-0.2, 0) is 0 Å². The molecule has 0 radical (unpaired) electrons. The molecule has 0 bridgehead atoms. The van der Waals surface area contributed by atoms with E-state index in [2.05, 4.69) is 20.8 Å². The van der Waals surface area contributed by atoms with Crippen molar-refractivity contribution in [2.75, 3.05) is 0 Å². The largest absolute Gasteiger partial charge is 0.0933 e. The molecule has 0 heterocycles. The van der Waals surface area contributed by atoms with Crippen molar-refractivity contribution >= 4 is 11.6 Å². The first-order valence-electron chi connectivity index (χ1n) is 2.90. The van der Waals surface area contributed by atoms with E-state index in [0.29, 0.717) is 0 Å². The lowest BCUT2D eigenvalue weighted by atomic mass is 9.91. The van der Waals surface area contributed by atoms with E-state index >= 15 is 0 Å². The van der Waals surface area contributed by atoms with Crippen LogP contribution >= 0.6 is 11.6 Å². The maximum absolute atomic E-state index is 5.38. The molecule has 0 saturated heterocycles. The van der Waals surface area contributed by atoms with Crippen LogP contribution in [0.5, 0.6) is 0 Å². The first kappa shape index (κ1) is 8.03. The van der Waals surface area contributed by atoms with Crippen molar-refractivity contribution in [2.24, 2.45) is 5.41 Å². The molecule has 0 N–H and O–H groups in total. The van der Waals surface area contributed by atoms with Crippen LogP contribution in [0.15, 0.2) is 11.6 Å². The summed E-state index contributed by atoms with van der Waals surface area (Å²) in [6.45, 7) is 6.47. The predicted molar refractivity (Wildman–Crippen MR) is 39.1 cm³/mol. The summed E-state index contributed by atoms with van der Waals surface area (Å²) in [7, 11) is 0. The normalized spacial score (nSPS) is 13.0. The second-order valence-corrected chi connectivity index (χ2v) is 2.89. The van der Waals surface area contributed by atoms with Crippen molar-refractivity contribution in [2.45, 2.75) is 27.2 Å². The molecule has 0 amide bonds. The molecule has 48 valence electrons. The predicted octanol–water partition coefficient (Wildman–Crippen LogP) is 3.18. The molecule has 0 saturated carbocycles. The summed E-state index contributed by atoms with van der Waals surface area (Å²) in [6, 6.07) is 0. The van der Waals surface area contributed by atoms with Crippen molar-refractivity contribution in [1.82, 2.24) is 0 Å². The number of allylic oxidation sites excluding steroid dienone is 1. The first-order valence-corrected chi connectivity index (χ1v) is 3.34. The van der Waals surface area contributed by atoms with Crippen LogP contribution in [0.3, 0.4) is 0 Å². The summed E-state index contributed by atoms with van der Waals surface area (Å²) in [4.78, 5) is 0. The molecule has 0 nitrogen and oxygen atoms in total. The van der Waals surface area contributed by atoms with Gasteiger partial charge in [-0.2, -0.15) is 0 Å². The Morgan fingerprint density at radius 2 is 2.00 bits per heavy atom. The van der Waals surface area contributed by atoms with Crippen LogP contribution in [0.1, 0.15) is 27.2 Å². The van der Waals surface area contributed by atoms with E-state index in [1.54, 1.807) is 5.54 Å². The van der Waals surface area contributed by atoms with Crippen LogP contribution < -0.4 is 0 Å². The quantitative estimate of drug-likeness (QED) is 0.542. The van der Waals surface area contributed by atoms with Gasteiger partial charge in [0.25, 0.3) is 0 Å². The molecular formula is C7H13Cl. The first-order chi connectivity index (χ1) is 3.62. The van der Waals surface area contributed by atoms with Crippen molar-refractivity contribution in [3.63, 3.8) is 0 Å². The zero-order valence-corrected chi connectivity index (χ0v) is 6.50. The Kier molecular flexibility index (Phi) is 3.15.